The van der Waals surface area contributed by atoms with Gasteiger partial charge in [0.05, 0.1) is 6.10 Å². The van der Waals surface area contributed by atoms with Crippen molar-refractivity contribution < 1.29 is 23.0 Å². The number of benzene rings is 1. The summed E-state index contributed by atoms with van der Waals surface area (Å²) in [5.41, 5.74) is 0. The molecular weight excluding hydrogens is 267 g/mol. The van der Waals surface area contributed by atoms with Crippen LogP contribution in [-0.4, -0.2) is 30.7 Å². The number of halogens is 3. The molecule has 0 bridgehead atoms. The molecule has 0 aromatic heterocycles. The maximum Gasteiger partial charge on any atom is 0.573 e. The molecule has 1 aromatic carbocycles. The average molecular weight is 281 g/mol. The van der Waals surface area contributed by atoms with Gasteiger partial charge in [-0.25, -0.2) is 0 Å². The number of thiol groups is 1. The number of hydrogen-bond donors (Lipinski definition) is 3. The van der Waals surface area contributed by atoms with Gasteiger partial charge >= 0.3 is 6.36 Å². The molecule has 0 aliphatic carbocycles. The molecule has 7 heteroatoms. The van der Waals surface area contributed by atoms with Crippen molar-refractivity contribution >= 4 is 12.6 Å². The van der Waals surface area contributed by atoms with Crippen molar-refractivity contribution in [1.82, 2.24) is 5.32 Å². The lowest BCUT2D eigenvalue weighted by molar-refractivity contribution is -0.274. The van der Waals surface area contributed by atoms with Crippen LogP contribution in [0.5, 0.6) is 5.75 Å². The minimum absolute atomic E-state index is 0.0648. The van der Waals surface area contributed by atoms with E-state index in [0.29, 0.717) is 4.90 Å². The first-order valence-corrected chi connectivity index (χ1v) is 5.75. The Morgan fingerprint density at radius 3 is 2.22 bits per heavy atom. The third-order valence-electron chi connectivity index (χ3n) is 2.10. The lowest BCUT2D eigenvalue weighted by Crippen LogP contribution is -2.16. The van der Waals surface area contributed by atoms with Crippen molar-refractivity contribution in [2.45, 2.75) is 23.8 Å². The molecule has 1 aliphatic heterocycles. The van der Waals surface area contributed by atoms with Crippen molar-refractivity contribution in [2.24, 2.45) is 0 Å². The zero-order chi connectivity index (χ0) is 13.6. The molecule has 3 nitrogen and oxygen atoms in total. The Balaban J connectivity index is 0.000000225. The Morgan fingerprint density at radius 2 is 1.89 bits per heavy atom. The highest BCUT2D eigenvalue weighted by Gasteiger charge is 2.30. The van der Waals surface area contributed by atoms with Crippen LogP contribution < -0.4 is 10.1 Å². The molecule has 1 unspecified atom stereocenters. The predicted molar refractivity (Wildman–Crippen MR) is 63.9 cm³/mol. The first-order valence-electron chi connectivity index (χ1n) is 5.30. The van der Waals surface area contributed by atoms with Crippen LogP contribution in [0.15, 0.2) is 29.2 Å². The monoisotopic (exact) mass is 281 g/mol. The van der Waals surface area contributed by atoms with E-state index in [4.69, 9.17) is 5.11 Å². The van der Waals surface area contributed by atoms with E-state index in [1.54, 1.807) is 0 Å². The molecule has 0 radical (unpaired) electrons. The number of aliphatic hydroxyl groups is 1. The Morgan fingerprint density at radius 1 is 1.28 bits per heavy atom. The highest BCUT2D eigenvalue weighted by molar-refractivity contribution is 7.80. The molecule has 2 N–H and O–H groups in total. The summed E-state index contributed by atoms with van der Waals surface area (Å²) in [5.74, 6) is -0.236. The maximum atomic E-state index is 11.6. The van der Waals surface area contributed by atoms with Gasteiger partial charge in [0.25, 0.3) is 0 Å². The van der Waals surface area contributed by atoms with E-state index in [1.165, 1.54) is 24.3 Å². The average Bonchev–Trinajstić information content (AvgIpc) is 2.72. The summed E-state index contributed by atoms with van der Waals surface area (Å²) in [6, 6.07) is 5.25. The first-order chi connectivity index (χ1) is 8.37. The first kappa shape index (κ1) is 15.1. The smallest absolute Gasteiger partial charge is 0.406 e. The van der Waals surface area contributed by atoms with E-state index in [2.05, 4.69) is 22.7 Å². The Labute approximate surface area is 108 Å². The fraction of sp³-hybridized carbons (Fsp3) is 0.455. The Bertz CT molecular complexity index is 350. The molecule has 0 spiro atoms. The standard InChI is InChI=1S/C7H5F3OS.C4H9NO/c8-7(9,10)11-5-1-3-6(12)4-2-5;6-4-1-2-5-3-4/h1-4,12H;4-6H,1-3H2. The topological polar surface area (TPSA) is 41.5 Å². The zero-order valence-electron chi connectivity index (χ0n) is 9.44. The molecule has 1 aliphatic rings. The lowest BCUT2D eigenvalue weighted by Gasteiger charge is -2.07. The maximum absolute atomic E-state index is 11.6. The van der Waals surface area contributed by atoms with Gasteiger partial charge in [-0.05, 0) is 37.2 Å². The van der Waals surface area contributed by atoms with Crippen molar-refractivity contribution in [1.29, 1.82) is 0 Å². The van der Waals surface area contributed by atoms with Crippen molar-refractivity contribution in [3.63, 3.8) is 0 Å². The van der Waals surface area contributed by atoms with Crippen LogP contribution in [0.1, 0.15) is 6.42 Å². The third-order valence-corrected chi connectivity index (χ3v) is 2.40. The summed E-state index contributed by atoms with van der Waals surface area (Å²) >= 11 is 3.91. The summed E-state index contributed by atoms with van der Waals surface area (Å²) in [4.78, 5) is 0.588. The number of alkyl halides is 3. The van der Waals surface area contributed by atoms with Crippen LogP contribution in [0.2, 0.25) is 0 Å². The van der Waals surface area contributed by atoms with Gasteiger partial charge in [0, 0.05) is 11.4 Å². The third kappa shape index (κ3) is 6.73. The molecule has 1 heterocycles. The highest BCUT2D eigenvalue weighted by Crippen LogP contribution is 2.23. The van der Waals surface area contributed by atoms with Gasteiger partial charge in [-0.15, -0.1) is 25.8 Å². The molecule has 1 atom stereocenters. The molecule has 102 valence electrons. The van der Waals surface area contributed by atoms with Crippen LogP contribution in [0.4, 0.5) is 13.2 Å². The summed E-state index contributed by atoms with van der Waals surface area (Å²) in [6.45, 7) is 1.78. The van der Waals surface area contributed by atoms with Gasteiger partial charge in [0.15, 0.2) is 0 Å². The number of hydrogen-bond acceptors (Lipinski definition) is 4. The van der Waals surface area contributed by atoms with Gasteiger partial charge in [-0.2, -0.15) is 0 Å². The van der Waals surface area contributed by atoms with E-state index in [9.17, 15) is 13.2 Å². The van der Waals surface area contributed by atoms with Crippen LogP contribution in [-0.2, 0) is 0 Å². The summed E-state index contributed by atoms with van der Waals surface area (Å²) < 4.78 is 38.4. The fourth-order valence-corrected chi connectivity index (χ4v) is 1.44. The van der Waals surface area contributed by atoms with Crippen LogP contribution >= 0.6 is 12.6 Å². The number of aliphatic hydroxyl groups excluding tert-OH is 1. The second-order valence-corrected chi connectivity index (χ2v) is 4.20. The Hall–Kier alpha value is -0.920. The highest BCUT2D eigenvalue weighted by atomic mass is 32.1. The summed E-state index contributed by atoms with van der Waals surface area (Å²) in [6.07, 6.45) is -3.76. The molecule has 0 amide bonds. The Kier molecular flexibility index (Phi) is 5.77. The second-order valence-electron chi connectivity index (χ2n) is 3.69. The van der Waals surface area contributed by atoms with Gasteiger partial charge in [0.1, 0.15) is 5.75 Å². The minimum atomic E-state index is -4.63. The molecule has 1 saturated heterocycles. The van der Waals surface area contributed by atoms with E-state index < -0.39 is 6.36 Å². The predicted octanol–water partition coefficient (Wildman–Crippen LogP) is 2.21. The molecule has 18 heavy (non-hydrogen) atoms. The van der Waals surface area contributed by atoms with E-state index in [-0.39, 0.29) is 11.9 Å². The number of nitrogens with one attached hydrogen (secondary N) is 1. The molecule has 0 saturated carbocycles. The van der Waals surface area contributed by atoms with Crippen LogP contribution in [0.25, 0.3) is 0 Å². The molecule has 1 aromatic rings. The van der Waals surface area contributed by atoms with E-state index in [0.717, 1.165) is 19.5 Å². The summed E-state index contributed by atoms with van der Waals surface area (Å²) in [5, 5.41) is 11.7. The van der Waals surface area contributed by atoms with Crippen LogP contribution in [0.3, 0.4) is 0 Å². The SMILES string of the molecule is FC(F)(F)Oc1ccc(S)cc1.OC1CCNC1. The van der Waals surface area contributed by atoms with Crippen molar-refractivity contribution in [2.75, 3.05) is 13.1 Å². The normalized spacial score (nSPS) is 19.1. The quantitative estimate of drug-likeness (QED) is 0.691. The number of ether oxygens (including phenoxy) is 1. The number of rotatable bonds is 1. The van der Waals surface area contributed by atoms with Gasteiger partial charge in [0.2, 0.25) is 0 Å². The van der Waals surface area contributed by atoms with E-state index >= 15 is 0 Å². The molecule has 2 rings (SSSR count). The second kappa shape index (κ2) is 6.86. The fourth-order valence-electron chi connectivity index (χ4n) is 1.29. The van der Waals surface area contributed by atoms with Gasteiger partial charge < -0.3 is 15.2 Å². The van der Waals surface area contributed by atoms with Crippen molar-refractivity contribution in [3.8, 4) is 5.75 Å². The summed E-state index contributed by atoms with van der Waals surface area (Å²) in [7, 11) is 0. The van der Waals surface area contributed by atoms with Gasteiger partial charge in [-0.1, -0.05) is 0 Å². The number of β-amino-alcohol motifs (C(OH)–C–C–N with tert-alkyl or cyclic N) is 1. The minimum Gasteiger partial charge on any atom is -0.406 e. The van der Waals surface area contributed by atoms with E-state index in [1.807, 2.05) is 0 Å². The van der Waals surface area contributed by atoms with Gasteiger partial charge in [-0.3, -0.25) is 0 Å². The largest absolute Gasteiger partial charge is 0.573 e. The van der Waals surface area contributed by atoms with Crippen molar-refractivity contribution in [3.05, 3.63) is 24.3 Å². The molecule has 1 fully saturated rings. The molecular formula is C11H14F3NO2S. The zero-order valence-corrected chi connectivity index (χ0v) is 10.3. The lowest BCUT2D eigenvalue weighted by atomic mass is 10.3. The van der Waals surface area contributed by atoms with Crippen LogP contribution in [0, 0.1) is 0 Å².